The van der Waals surface area contributed by atoms with E-state index in [1.54, 1.807) is 18.1 Å². The van der Waals surface area contributed by atoms with E-state index in [1.807, 2.05) is 35.2 Å². The molecule has 1 fully saturated rings. The number of amides is 1. The Morgan fingerprint density at radius 1 is 1.09 bits per heavy atom. The van der Waals surface area contributed by atoms with Crippen molar-refractivity contribution in [2.45, 2.75) is 0 Å². The molecule has 0 bridgehead atoms. The van der Waals surface area contributed by atoms with Gasteiger partial charge in [0.05, 0.1) is 7.11 Å². The molecule has 2 heterocycles. The minimum Gasteiger partial charge on any atom is -0.497 e. The molecule has 0 saturated carbocycles. The summed E-state index contributed by atoms with van der Waals surface area (Å²) in [6.45, 7) is 1.91. The predicted octanol–water partition coefficient (Wildman–Crippen LogP) is 3.83. The number of hydrogen-bond donors (Lipinski definition) is 0. The van der Waals surface area contributed by atoms with Crippen LogP contribution in [0.15, 0.2) is 52.9 Å². The van der Waals surface area contributed by atoms with Gasteiger partial charge in [0.1, 0.15) is 17.6 Å². The van der Waals surface area contributed by atoms with Crippen LogP contribution in [-0.4, -0.2) is 49.1 Å². The van der Waals surface area contributed by atoms with Crippen LogP contribution in [0.3, 0.4) is 0 Å². The molecule has 0 atom stereocenters. The zero-order chi connectivity index (χ0) is 22.5. The van der Waals surface area contributed by atoms with E-state index in [9.17, 15) is 14.4 Å². The lowest BCUT2D eigenvalue weighted by Crippen LogP contribution is -2.48. The Balaban J connectivity index is 1.42. The second-order valence-electron chi connectivity index (χ2n) is 7.21. The maximum atomic E-state index is 13.1. The third-order valence-corrected chi connectivity index (χ3v) is 5.21. The highest BCUT2D eigenvalue weighted by Gasteiger charge is 2.26. The molecule has 0 radical (unpaired) electrons. The fraction of sp³-hybridized carbons (Fsp3) is 0.208. The standard InChI is InChI=1S/C24H21FN4O3/c1-31-20-9-2-17(3-10-20)4-11-22-27-21(16-26)24(32-22)29-14-12-28(13-15-29)23(30)18-5-7-19(25)8-6-18/h2-11H,12-15H2,1H3. The van der Waals surface area contributed by atoms with E-state index in [2.05, 4.69) is 11.1 Å². The van der Waals surface area contributed by atoms with Crippen LogP contribution in [0.2, 0.25) is 0 Å². The van der Waals surface area contributed by atoms with E-state index in [4.69, 9.17) is 9.15 Å². The fourth-order valence-corrected chi connectivity index (χ4v) is 3.46. The summed E-state index contributed by atoms with van der Waals surface area (Å²) >= 11 is 0. The first-order chi connectivity index (χ1) is 15.6. The largest absolute Gasteiger partial charge is 0.497 e. The van der Waals surface area contributed by atoms with Crippen molar-refractivity contribution in [3.8, 4) is 11.8 Å². The molecule has 3 aromatic rings. The lowest BCUT2D eigenvalue weighted by Gasteiger charge is -2.34. The predicted molar refractivity (Wildman–Crippen MR) is 118 cm³/mol. The summed E-state index contributed by atoms with van der Waals surface area (Å²) in [4.78, 5) is 20.5. The van der Waals surface area contributed by atoms with Crippen molar-refractivity contribution < 1.29 is 18.3 Å². The van der Waals surface area contributed by atoms with Gasteiger partial charge < -0.3 is 19.0 Å². The van der Waals surface area contributed by atoms with Crippen LogP contribution in [-0.2, 0) is 0 Å². The number of halogens is 1. The number of nitriles is 1. The number of aromatic nitrogens is 1. The topological polar surface area (TPSA) is 82.6 Å². The highest BCUT2D eigenvalue weighted by atomic mass is 19.1. The third kappa shape index (κ3) is 4.62. The quantitative estimate of drug-likeness (QED) is 0.610. The Hall–Kier alpha value is -4.12. The number of hydrogen-bond acceptors (Lipinski definition) is 6. The lowest BCUT2D eigenvalue weighted by molar-refractivity contribution is 0.0745. The average molecular weight is 432 g/mol. The number of carbonyl (C=O) groups excluding carboxylic acids is 1. The number of ether oxygens (including phenoxy) is 1. The number of oxazole rings is 1. The van der Waals surface area contributed by atoms with Crippen molar-refractivity contribution in [2.24, 2.45) is 0 Å². The van der Waals surface area contributed by atoms with Crippen LogP contribution >= 0.6 is 0 Å². The third-order valence-electron chi connectivity index (χ3n) is 5.21. The number of piperazine rings is 1. The molecule has 7 nitrogen and oxygen atoms in total. The molecule has 1 saturated heterocycles. The van der Waals surface area contributed by atoms with Crippen molar-refractivity contribution in [2.75, 3.05) is 38.2 Å². The molecule has 1 aliphatic heterocycles. The molecular weight excluding hydrogens is 411 g/mol. The Morgan fingerprint density at radius 3 is 2.41 bits per heavy atom. The van der Waals surface area contributed by atoms with Gasteiger partial charge in [0.2, 0.25) is 17.5 Å². The summed E-state index contributed by atoms with van der Waals surface area (Å²) in [7, 11) is 1.61. The van der Waals surface area contributed by atoms with E-state index in [1.165, 1.54) is 24.3 Å². The smallest absolute Gasteiger partial charge is 0.253 e. The SMILES string of the molecule is COc1ccc(C=Cc2nc(C#N)c(N3CCN(C(=O)c4ccc(F)cc4)CC3)o2)cc1. The molecule has 2 aromatic carbocycles. The van der Waals surface area contributed by atoms with Gasteiger partial charge in [0, 0.05) is 37.8 Å². The van der Waals surface area contributed by atoms with Gasteiger partial charge in [-0.1, -0.05) is 12.1 Å². The van der Waals surface area contributed by atoms with Crippen LogP contribution in [0.5, 0.6) is 5.75 Å². The number of nitrogens with zero attached hydrogens (tertiary/aromatic N) is 4. The van der Waals surface area contributed by atoms with E-state index in [0.717, 1.165) is 11.3 Å². The molecule has 4 rings (SSSR count). The van der Waals surface area contributed by atoms with Crippen LogP contribution < -0.4 is 9.64 Å². The maximum Gasteiger partial charge on any atom is 0.253 e. The van der Waals surface area contributed by atoms with Crippen molar-refractivity contribution >= 4 is 23.9 Å². The van der Waals surface area contributed by atoms with Gasteiger partial charge in [-0.05, 0) is 48.0 Å². The Bertz CT molecular complexity index is 1160. The fourth-order valence-electron chi connectivity index (χ4n) is 3.46. The molecule has 1 aliphatic rings. The minimum absolute atomic E-state index is 0.147. The Kier molecular flexibility index (Phi) is 6.17. The molecule has 1 amide bonds. The molecule has 0 aliphatic carbocycles. The van der Waals surface area contributed by atoms with Crippen LogP contribution in [0.1, 0.15) is 27.5 Å². The minimum atomic E-state index is -0.377. The first kappa shape index (κ1) is 21.1. The molecular formula is C24H21FN4O3. The number of methoxy groups -OCH3 is 1. The van der Waals surface area contributed by atoms with Gasteiger partial charge in [-0.3, -0.25) is 4.79 Å². The highest BCUT2D eigenvalue weighted by molar-refractivity contribution is 5.94. The van der Waals surface area contributed by atoms with Crippen molar-refractivity contribution in [1.82, 2.24) is 9.88 Å². The Morgan fingerprint density at radius 2 is 1.78 bits per heavy atom. The summed E-state index contributed by atoms with van der Waals surface area (Å²) in [5.74, 6) is 0.973. The number of benzene rings is 2. The van der Waals surface area contributed by atoms with Crippen LogP contribution in [0, 0.1) is 17.1 Å². The van der Waals surface area contributed by atoms with E-state index < -0.39 is 0 Å². The zero-order valence-electron chi connectivity index (χ0n) is 17.5. The summed E-state index contributed by atoms with van der Waals surface area (Å²) < 4.78 is 24.1. The summed E-state index contributed by atoms with van der Waals surface area (Å²) in [6, 6.07) is 15.1. The van der Waals surface area contributed by atoms with Gasteiger partial charge in [-0.15, -0.1) is 0 Å². The summed E-state index contributed by atoms with van der Waals surface area (Å²) in [5.41, 5.74) is 1.60. The second kappa shape index (κ2) is 9.35. The first-order valence-electron chi connectivity index (χ1n) is 10.1. The van der Waals surface area contributed by atoms with E-state index >= 15 is 0 Å². The van der Waals surface area contributed by atoms with Crippen molar-refractivity contribution in [3.05, 3.63) is 77.1 Å². The molecule has 0 spiro atoms. The van der Waals surface area contributed by atoms with Crippen LogP contribution in [0.25, 0.3) is 12.2 Å². The molecule has 32 heavy (non-hydrogen) atoms. The molecule has 0 unspecified atom stereocenters. The number of carbonyl (C=O) groups is 1. The monoisotopic (exact) mass is 432 g/mol. The highest BCUT2D eigenvalue weighted by Crippen LogP contribution is 2.25. The first-order valence-corrected chi connectivity index (χ1v) is 10.1. The lowest BCUT2D eigenvalue weighted by atomic mass is 10.2. The average Bonchev–Trinajstić information content (AvgIpc) is 3.26. The zero-order valence-corrected chi connectivity index (χ0v) is 17.5. The van der Waals surface area contributed by atoms with E-state index in [-0.39, 0.29) is 17.4 Å². The van der Waals surface area contributed by atoms with Gasteiger partial charge in [0.15, 0.2) is 0 Å². The van der Waals surface area contributed by atoms with Gasteiger partial charge in [-0.25, -0.2) is 4.39 Å². The number of rotatable bonds is 5. The van der Waals surface area contributed by atoms with Gasteiger partial charge in [0.25, 0.3) is 5.91 Å². The normalized spacial score (nSPS) is 13.9. The van der Waals surface area contributed by atoms with Gasteiger partial charge >= 0.3 is 0 Å². The number of anilines is 1. The van der Waals surface area contributed by atoms with E-state index in [0.29, 0.717) is 43.5 Å². The van der Waals surface area contributed by atoms with Crippen LogP contribution in [0.4, 0.5) is 10.3 Å². The molecule has 162 valence electrons. The Labute approximate surface area is 185 Å². The summed E-state index contributed by atoms with van der Waals surface area (Å²) in [6.07, 6.45) is 3.55. The van der Waals surface area contributed by atoms with Crippen molar-refractivity contribution in [3.63, 3.8) is 0 Å². The molecule has 8 heteroatoms. The maximum absolute atomic E-state index is 13.1. The second-order valence-corrected chi connectivity index (χ2v) is 7.21. The molecule has 1 aromatic heterocycles. The van der Waals surface area contributed by atoms with Crippen molar-refractivity contribution in [1.29, 1.82) is 5.26 Å². The van der Waals surface area contributed by atoms with Gasteiger partial charge in [-0.2, -0.15) is 10.2 Å². The summed E-state index contributed by atoms with van der Waals surface area (Å²) in [5, 5.41) is 9.48. The molecule has 0 N–H and O–H groups in total.